The lowest BCUT2D eigenvalue weighted by Crippen LogP contribution is -2.26. The molecule has 0 spiro atoms. The number of rotatable bonds is 6. The van der Waals surface area contributed by atoms with Crippen molar-refractivity contribution in [2.75, 3.05) is 31.3 Å². The van der Waals surface area contributed by atoms with E-state index in [4.69, 9.17) is 0 Å². The summed E-state index contributed by atoms with van der Waals surface area (Å²) >= 11 is 1.75. The quantitative estimate of drug-likeness (QED) is 0.653. The zero-order chi connectivity index (χ0) is 15.9. The summed E-state index contributed by atoms with van der Waals surface area (Å²) < 4.78 is 0. The van der Waals surface area contributed by atoms with Crippen molar-refractivity contribution in [1.29, 1.82) is 0 Å². The number of nitrogens with zero attached hydrogens (tertiary/aromatic N) is 1. The van der Waals surface area contributed by atoms with Crippen LogP contribution in [0.25, 0.3) is 0 Å². The minimum atomic E-state index is -0.0202. The first-order valence-corrected chi connectivity index (χ1v) is 8.30. The van der Waals surface area contributed by atoms with Gasteiger partial charge in [-0.2, -0.15) is 0 Å². The number of nitrogens with one attached hydrogen (secondary N) is 1. The Balaban J connectivity index is 1.80. The Bertz CT molecular complexity index is 623. The molecule has 0 radical (unpaired) electrons. The lowest BCUT2D eigenvalue weighted by atomic mass is 10.2. The van der Waals surface area contributed by atoms with E-state index < -0.39 is 0 Å². The third-order valence-electron chi connectivity index (χ3n) is 3.30. The molecule has 22 heavy (non-hydrogen) atoms. The maximum absolute atomic E-state index is 12.1. The van der Waals surface area contributed by atoms with Gasteiger partial charge in [-0.3, -0.25) is 4.79 Å². The SMILES string of the molecule is Cc1ccc(SCCNC(=O)c2cccc(N(C)C)c2)cc1. The van der Waals surface area contributed by atoms with Crippen LogP contribution in [0.15, 0.2) is 53.4 Å². The highest BCUT2D eigenvalue weighted by Gasteiger charge is 2.06. The molecule has 0 aliphatic rings. The molecule has 0 unspecified atom stereocenters. The third kappa shape index (κ3) is 4.81. The molecule has 2 rings (SSSR count). The predicted octanol–water partition coefficient (Wildman–Crippen LogP) is 3.58. The van der Waals surface area contributed by atoms with Crippen LogP contribution in [0.2, 0.25) is 0 Å². The molecule has 0 atom stereocenters. The molecule has 0 aliphatic carbocycles. The van der Waals surface area contributed by atoms with Crippen LogP contribution in [0.5, 0.6) is 0 Å². The highest BCUT2D eigenvalue weighted by molar-refractivity contribution is 7.99. The maximum atomic E-state index is 12.1. The van der Waals surface area contributed by atoms with Crippen molar-refractivity contribution in [3.63, 3.8) is 0 Å². The van der Waals surface area contributed by atoms with Crippen LogP contribution in [-0.2, 0) is 0 Å². The van der Waals surface area contributed by atoms with Gasteiger partial charge in [0, 0.05) is 42.5 Å². The van der Waals surface area contributed by atoms with Crippen molar-refractivity contribution < 1.29 is 4.79 Å². The summed E-state index contributed by atoms with van der Waals surface area (Å²) in [6.07, 6.45) is 0. The second kappa shape index (κ2) is 7.90. The van der Waals surface area contributed by atoms with Crippen LogP contribution in [0, 0.1) is 6.92 Å². The van der Waals surface area contributed by atoms with Gasteiger partial charge in [-0.25, -0.2) is 0 Å². The molecule has 0 heterocycles. The number of carbonyl (C=O) groups excluding carboxylic acids is 1. The predicted molar refractivity (Wildman–Crippen MR) is 95.0 cm³/mol. The maximum Gasteiger partial charge on any atom is 0.251 e. The number of amides is 1. The van der Waals surface area contributed by atoms with Crippen LogP contribution >= 0.6 is 11.8 Å². The van der Waals surface area contributed by atoms with E-state index in [9.17, 15) is 4.79 Å². The molecule has 2 aromatic carbocycles. The van der Waals surface area contributed by atoms with Crippen LogP contribution in [0.3, 0.4) is 0 Å². The van der Waals surface area contributed by atoms with Gasteiger partial charge in [-0.15, -0.1) is 11.8 Å². The zero-order valence-corrected chi connectivity index (χ0v) is 14.1. The molecular weight excluding hydrogens is 292 g/mol. The van der Waals surface area contributed by atoms with Crippen LogP contribution < -0.4 is 10.2 Å². The topological polar surface area (TPSA) is 32.3 Å². The fourth-order valence-electron chi connectivity index (χ4n) is 2.00. The molecule has 0 saturated carbocycles. The lowest BCUT2D eigenvalue weighted by molar-refractivity contribution is 0.0956. The summed E-state index contributed by atoms with van der Waals surface area (Å²) in [4.78, 5) is 15.4. The van der Waals surface area contributed by atoms with Crippen LogP contribution in [-0.4, -0.2) is 32.3 Å². The molecule has 2 aromatic rings. The fourth-order valence-corrected chi connectivity index (χ4v) is 2.76. The van der Waals surface area contributed by atoms with Crippen molar-refractivity contribution >= 4 is 23.4 Å². The standard InChI is InChI=1S/C18H22N2OS/c1-14-7-9-17(10-8-14)22-12-11-19-18(21)15-5-4-6-16(13-15)20(2)3/h4-10,13H,11-12H2,1-3H3,(H,19,21). The first-order valence-electron chi connectivity index (χ1n) is 7.31. The van der Waals surface area contributed by atoms with Gasteiger partial charge < -0.3 is 10.2 Å². The van der Waals surface area contributed by atoms with Gasteiger partial charge >= 0.3 is 0 Å². The Labute approximate surface area is 136 Å². The number of hydrogen-bond acceptors (Lipinski definition) is 3. The van der Waals surface area contributed by atoms with Gasteiger partial charge in [-0.05, 0) is 37.3 Å². The van der Waals surface area contributed by atoms with Crippen molar-refractivity contribution in [3.05, 3.63) is 59.7 Å². The van der Waals surface area contributed by atoms with Gasteiger partial charge in [0.2, 0.25) is 0 Å². The lowest BCUT2D eigenvalue weighted by Gasteiger charge is -2.13. The monoisotopic (exact) mass is 314 g/mol. The van der Waals surface area contributed by atoms with E-state index in [1.54, 1.807) is 11.8 Å². The second-order valence-corrected chi connectivity index (χ2v) is 6.53. The van der Waals surface area contributed by atoms with Crippen LogP contribution in [0.4, 0.5) is 5.69 Å². The smallest absolute Gasteiger partial charge is 0.251 e. The molecular formula is C18H22N2OS. The average Bonchev–Trinajstić information content (AvgIpc) is 2.53. The molecule has 3 nitrogen and oxygen atoms in total. The van der Waals surface area contributed by atoms with E-state index in [-0.39, 0.29) is 5.91 Å². The number of aryl methyl sites for hydroxylation is 1. The summed E-state index contributed by atoms with van der Waals surface area (Å²) in [5, 5.41) is 2.97. The van der Waals surface area contributed by atoms with Gasteiger partial charge in [0.15, 0.2) is 0 Å². The van der Waals surface area contributed by atoms with Gasteiger partial charge in [-0.1, -0.05) is 23.8 Å². The highest BCUT2D eigenvalue weighted by atomic mass is 32.2. The van der Waals surface area contributed by atoms with Gasteiger partial charge in [0.25, 0.3) is 5.91 Å². The van der Waals surface area contributed by atoms with E-state index in [1.807, 2.05) is 43.3 Å². The minimum Gasteiger partial charge on any atom is -0.378 e. The number of hydrogen-bond donors (Lipinski definition) is 1. The van der Waals surface area contributed by atoms with Crippen molar-refractivity contribution in [3.8, 4) is 0 Å². The third-order valence-corrected chi connectivity index (χ3v) is 4.32. The summed E-state index contributed by atoms with van der Waals surface area (Å²) in [5.74, 6) is 0.843. The molecule has 4 heteroatoms. The minimum absolute atomic E-state index is 0.0202. The summed E-state index contributed by atoms with van der Waals surface area (Å²) in [7, 11) is 3.93. The Morgan fingerprint density at radius 1 is 1.14 bits per heavy atom. The average molecular weight is 314 g/mol. The van der Waals surface area contributed by atoms with Gasteiger partial charge in [0.1, 0.15) is 0 Å². The van der Waals surface area contributed by atoms with E-state index >= 15 is 0 Å². The molecule has 116 valence electrons. The van der Waals surface area contributed by atoms with Crippen molar-refractivity contribution in [2.45, 2.75) is 11.8 Å². The number of carbonyl (C=O) groups is 1. The second-order valence-electron chi connectivity index (χ2n) is 5.36. The number of anilines is 1. The van der Waals surface area contributed by atoms with Crippen LogP contribution in [0.1, 0.15) is 15.9 Å². The number of thioether (sulfide) groups is 1. The molecule has 1 amide bonds. The Morgan fingerprint density at radius 2 is 1.86 bits per heavy atom. The summed E-state index contributed by atoms with van der Waals surface area (Å²) in [5.41, 5.74) is 2.99. The van der Waals surface area contributed by atoms with Gasteiger partial charge in [0.05, 0.1) is 0 Å². The molecule has 0 bridgehead atoms. The highest BCUT2D eigenvalue weighted by Crippen LogP contribution is 2.17. The Kier molecular flexibility index (Phi) is 5.90. The van der Waals surface area contributed by atoms with E-state index in [2.05, 4.69) is 36.5 Å². The molecule has 1 N–H and O–H groups in total. The molecule has 0 aliphatic heterocycles. The normalized spacial score (nSPS) is 10.3. The molecule has 0 saturated heterocycles. The number of benzene rings is 2. The molecule has 0 fully saturated rings. The van der Waals surface area contributed by atoms with Crippen molar-refractivity contribution in [1.82, 2.24) is 5.32 Å². The fraction of sp³-hybridized carbons (Fsp3) is 0.278. The largest absolute Gasteiger partial charge is 0.378 e. The van der Waals surface area contributed by atoms with Crippen molar-refractivity contribution in [2.24, 2.45) is 0 Å². The van der Waals surface area contributed by atoms with E-state index in [0.717, 1.165) is 11.4 Å². The zero-order valence-electron chi connectivity index (χ0n) is 13.3. The van der Waals surface area contributed by atoms with E-state index in [0.29, 0.717) is 12.1 Å². The Hall–Kier alpha value is -1.94. The summed E-state index contributed by atoms with van der Waals surface area (Å²) in [6, 6.07) is 16.1. The Morgan fingerprint density at radius 3 is 2.55 bits per heavy atom. The molecule has 0 aromatic heterocycles. The first kappa shape index (κ1) is 16.4. The van der Waals surface area contributed by atoms with E-state index in [1.165, 1.54) is 10.5 Å². The first-order chi connectivity index (χ1) is 10.6. The summed E-state index contributed by atoms with van der Waals surface area (Å²) in [6.45, 7) is 2.74.